The first-order valence-corrected chi connectivity index (χ1v) is 11.0. The van der Waals surface area contributed by atoms with Gasteiger partial charge in [0.1, 0.15) is 6.10 Å². The van der Waals surface area contributed by atoms with E-state index in [-0.39, 0.29) is 23.8 Å². The Morgan fingerprint density at radius 2 is 1.86 bits per heavy atom. The number of carbonyl (C=O) groups excluding carboxylic acids is 2. The van der Waals surface area contributed by atoms with Crippen LogP contribution in [0, 0.1) is 17.8 Å². The summed E-state index contributed by atoms with van der Waals surface area (Å²) >= 11 is 0. The van der Waals surface area contributed by atoms with Gasteiger partial charge in [-0.1, -0.05) is 57.3 Å². The maximum atomic E-state index is 12.9. The van der Waals surface area contributed by atoms with Gasteiger partial charge in [-0.3, -0.25) is 9.59 Å². The molecule has 29 heavy (non-hydrogen) atoms. The molecule has 5 nitrogen and oxygen atoms in total. The number of rotatable bonds is 10. The molecule has 1 aliphatic heterocycles. The van der Waals surface area contributed by atoms with Crippen molar-refractivity contribution in [3.63, 3.8) is 0 Å². The Labute approximate surface area is 175 Å². The Kier molecular flexibility index (Phi) is 9.39. The fourth-order valence-corrected chi connectivity index (χ4v) is 4.08. The Morgan fingerprint density at radius 3 is 2.59 bits per heavy atom. The minimum atomic E-state index is -0.713. The quantitative estimate of drug-likeness (QED) is 0.228. The second-order valence-corrected chi connectivity index (χ2v) is 8.40. The molecule has 5 heteroatoms. The Hall–Kier alpha value is -1.64. The minimum Gasteiger partial charge on any atom is -0.469 e. The lowest BCUT2D eigenvalue weighted by Gasteiger charge is -2.22. The van der Waals surface area contributed by atoms with Gasteiger partial charge in [0.15, 0.2) is 17.7 Å². The van der Waals surface area contributed by atoms with Crippen molar-refractivity contribution in [2.45, 2.75) is 103 Å². The zero-order chi connectivity index (χ0) is 21.3. The van der Waals surface area contributed by atoms with Crippen LogP contribution >= 0.6 is 0 Å². The van der Waals surface area contributed by atoms with Crippen LogP contribution in [0.1, 0.15) is 85.0 Å². The van der Waals surface area contributed by atoms with Crippen molar-refractivity contribution in [3.8, 4) is 11.8 Å². The summed E-state index contributed by atoms with van der Waals surface area (Å²) in [6.07, 6.45) is 10.9. The lowest BCUT2D eigenvalue weighted by Crippen LogP contribution is -2.26. The molecular weight excluding hydrogens is 368 g/mol. The number of allylic oxidation sites excluding steroid dienone is 1. The number of carbonyl (C=O) groups is 2. The van der Waals surface area contributed by atoms with Crippen molar-refractivity contribution < 1.29 is 23.8 Å². The molecule has 2 rings (SSSR count). The van der Waals surface area contributed by atoms with Crippen molar-refractivity contribution in [2.24, 2.45) is 5.92 Å². The van der Waals surface area contributed by atoms with Crippen molar-refractivity contribution in [2.75, 3.05) is 7.11 Å². The van der Waals surface area contributed by atoms with Gasteiger partial charge in [-0.2, -0.15) is 0 Å². The SMILES string of the molecule is CCCCCCCC[C@@H]1/C(=C\C#CCCCC(=O)OC)C(=O)[C@H]2OC(C)(C)O[C@H]21. The molecule has 2 fully saturated rings. The molecule has 2 aliphatic rings. The molecule has 1 saturated heterocycles. The van der Waals surface area contributed by atoms with Crippen LogP contribution in [-0.4, -0.2) is 36.9 Å². The summed E-state index contributed by atoms with van der Waals surface area (Å²) in [6, 6.07) is 0. The monoisotopic (exact) mass is 404 g/mol. The highest BCUT2D eigenvalue weighted by atomic mass is 16.8. The molecule has 1 saturated carbocycles. The van der Waals surface area contributed by atoms with E-state index in [1.165, 1.54) is 39.2 Å². The number of esters is 1. The number of fused-ring (bicyclic) bond motifs is 1. The Balaban J connectivity index is 1.96. The molecule has 1 aliphatic carbocycles. The van der Waals surface area contributed by atoms with Gasteiger partial charge in [-0.05, 0) is 32.8 Å². The summed E-state index contributed by atoms with van der Waals surface area (Å²) in [7, 11) is 1.39. The molecule has 0 N–H and O–H groups in total. The van der Waals surface area contributed by atoms with Gasteiger partial charge in [0.2, 0.25) is 0 Å². The van der Waals surface area contributed by atoms with Crippen molar-refractivity contribution in [3.05, 3.63) is 11.6 Å². The Bertz CT molecular complexity index is 652. The van der Waals surface area contributed by atoms with Crippen LogP contribution < -0.4 is 0 Å². The second kappa shape index (κ2) is 11.5. The van der Waals surface area contributed by atoms with E-state index in [1.54, 1.807) is 6.08 Å². The molecule has 0 aromatic rings. The summed E-state index contributed by atoms with van der Waals surface area (Å²) < 4.78 is 16.6. The third-order valence-electron chi connectivity index (χ3n) is 5.58. The smallest absolute Gasteiger partial charge is 0.305 e. The van der Waals surface area contributed by atoms with Gasteiger partial charge in [0.05, 0.1) is 7.11 Å². The Morgan fingerprint density at radius 1 is 1.14 bits per heavy atom. The standard InChI is InChI=1S/C24H36O5/c1-5-6-7-8-9-13-16-19-18(15-12-10-11-14-17-20(25)27-4)21(26)23-22(19)28-24(2,3)29-23/h15,19,22-23H,5-9,11,13-14,16-17H2,1-4H3/b18-15+/t19-,22+,23-/m1/s1. The van der Waals surface area contributed by atoms with E-state index in [0.29, 0.717) is 19.3 Å². The minimum absolute atomic E-state index is 0.0143. The van der Waals surface area contributed by atoms with Crippen LogP contribution in [0.3, 0.4) is 0 Å². The average molecular weight is 405 g/mol. The zero-order valence-corrected chi connectivity index (χ0v) is 18.4. The predicted molar refractivity (Wildman–Crippen MR) is 112 cm³/mol. The van der Waals surface area contributed by atoms with E-state index in [9.17, 15) is 9.59 Å². The number of ether oxygens (including phenoxy) is 3. The molecule has 0 aromatic carbocycles. The van der Waals surface area contributed by atoms with Crippen molar-refractivity contribution in [1.29, 1.82) is 0 Å². The van der Waals surface area contributed by atoms with Crippen molar-refractivity contribution in [1.82, 2.24) is 0 Å². The van der Waals surface area contributed by atoms with Crippen molar-refractivity contribution >= 4 is 11.8 Å². The largest absolute Gasteiger partial charge is 0.469 e. The van der Waals surface area contributed by atoms with Crippen LogP contribution in [0.25, 0.3) is 0 Å². The first-order chi connectivity index (χ1) is 13.9. The van der Waals surface area contributed by atoms with Gasteiger partial charge in [-0.15, -0.1) is 0 Å². The van der Waals surface area contributed by atoms with E-state index in [4.69, 9.17) is 9.47 Å². The van der Waals surface area contributed by atoms with Gasteiger partial charge >= 0.3 is 5.97 Å². The van der Waals surface area contributed by atoms with Crippen LogP contribution in [0.2, 0.25) is 0 Å². The van der Waals surface area contributed by atoms with Gasteiger partial charge < -0.3 is 14.2 Å². The predicted octanol–water partition coefficient (Wildman–Crippen LogP) is 4.73. The summed E-state index contributed by atoms with van der Waals surface area (Å²) in [5, 5.41) is 0. The number of methoxy groups -OCH3 is 1. The van der Waals surface area contributed by atoms with Crippen LogP contribution in [0.5, 0.6) is 0 Å². The number of ketones is 1. The molecule has 0 bridgehead atoms. The molecular formula is C24H36O5. The van der Waals surface area contributed by atoms with Crippen LogP contribution in [-0.2, 0) is 23.8 Å². The van der Waals surface area contributed by atoms with E-state index in [0.717, 1.165) is 18.4 Å². The second-order valence-electron chi connectivity index (χ2n) is 8.40. The third kappa shape index (κ3) is 6.97. The third-order valence-corrected chi connectivity index (χ3v) is 5.58. The normalized spacial score (nSPS) is 26.3. The van der Waals surface area contributed by atoms with Gasteiger partial charge in [0.25, 0.3) is 0 Å². The highest BCUT2D eigenvalue weighted by molar-refractivity contribution is 6.03. The number of Topliss-reactive ketones (excluding diaryl/α,β-unsaturated/α-hetero) is 1. The average Bonchev–Trinajstić information content (AvgIpc) is 3.12. The fraction of sp³-hybridized carbons (Fsp3) is 0.750. The molecule has 0 radical (unpaired) electrons. The molecule has 0 amide bonds. The van der Waals surface area contributed by atoms with Crippen LogP contribution in [0.4, 0.5) is 0 Å². The maximum absolute atomic E-state index is 12.9. The van der Waals surface area contributed by atoms with E-state index >= 15 is 0 Å². The van der Waals surface area contributed by atoms with E-state index < -0.39 is 11.9 Å². The molecule has 162 valence electrons. The lowest BCUT2D eigenvalue weighted by atomic mass is 9.93. The van der Waals surface area contributed by atoms with Gasteiger partial charge in [-0.25, -0.2) is 0 Å². The van der Waals surface area contributed by atoms with Crippen LogP contribution in [0.15, 0.2) is 11.6 Å². The first-order valence-electron chi connectivity index (χ1n) is 11.0. The summed E-state index contributed by atoms with van der Waals surface area (Å²) in [4.78, 5) is 24.0. The highest BCUT2D eigenvalue weighted by Gasteiger charge is 2.55. The zero-order valence-electron chi connectivity index (χ0n) is 18.4. The number of hydrogen-bond donors (Lipinski definition) is 0. The highest BCUT2D eigenvalue weighted by Crippen LogP contribution is 2.44. The maximum Gasteiger partial charge on any atom is 0.305 e. The number of unbranched alkanes of at least 4 members (excludes halogenated alkanes) is 6. The molecule has 0 spiro atoms. The first kappa shape index (κ1) is 23.6. The molecule has 0 unspecified atom stereocenters. The summed E-state index contributed by atoms with van der Waals surface area (Å²) in [5.74, 6) is 5.17. The lowest BCUT2D eigenvalue weighted by molar-refractivity contribution is -0.159. The summed E-state index contributed by atoms with van der Waals surface area (Å²) in [5.41, 5.74) is 0.740. The number of hydrogen-bond acceptors (Lipinski definition) is 5. The molecule has 3 atom stereocenters. The van der Waals surface area contributed by atoms with E-state index in [2.05, 4.69) is 23.5 Å². The molecule has 1 heterocycles. The molecule has 0 aromatic heterocycles. The van der Waals surface area contributed by atoms with E-state index in [1.807, 2.05) is 13.8 Å². The summed E-state index contributed by atoms with van der Waals surface area (Å²) in [6.45, 7) is 5.95. The fourth-order valence-electron chi connectivity index (χ4n) is 4.08. The topological polar surface area (TPSA) is 61.8 Å². The van der Waals surface area contributed by atoms with Gasteiger partial charge in [0, 0.05) is 24.3 Å².